The van der Waals surface area contributed by atoms with Crippen molar-refractivity contribution < 1.29 is 4.79 Å². The van der Waals surface area contributed by atoms with Gasteiger partial charge in [0.2, 0.25) is 5.91 Å². The van der Waals surface area contributed by atoms with Crippen LogP contribution >= 0.6 is 0 Å². The lowest BCUT2D eigenvalue weighted by atomic mass is 10.4. The Morgan fingerprint density at radius 1 is 1.44 bits per heavy atom. The summed E-state index contributed by atoms with van der Waals surface area (Å²) < 4.78 is 0. The Bertz CT molecular complexity index is 94.2. The molecule has 1 heterocycles. The molecule has 0 aliphatic carbocycles. The van der Waals surface area contributed by atoms with E-state index >= 15 is 0 Å². The molecule has 0 unspecified atom stereocenters. The van der Waals surface area contributed by atoms with E-state index < -0.39 is 0 Å². The van der Waals surface area contributed by atoms with Gasteiger partial charge in [-0.05, 0) is 6.42 Å². The molecule has 0 aromatic rings. The molecule has 9 heavy (non-hydrogen) atoms. The number of amides is 1. The molecule has 0 saturated carbocycles. The van der Waals surface area contributed by atoms with Gasteiger partial charge in [-0.3, -0.25) is 4.79 Å². The molecule has 56 valence electrons. The number of likely N-dealkylation sites (tertiary alicyclic amines) is 1. The quantitative estimate of drug-likeness (QED) is 0.506. The summed E-state index contributed by atoms with van der Waals surface area (Å²) in [5, 5.41) is 0. The SMILES string of the molecule is CN1CCCC1=O.N.N. The highest BCUT2D eigenvalue weighted by Crippen LogP contribution is 2.04. The van der Waals surface area contributed by atoms with Crippen LogP contribution in [0.5, 0.6) is 0 Å². The zero-order valence-electron chi connectivity index (χ0n) is 5.89. The Morgan fingerprint density at radius 2 is 2.00 bits per heavy atom. The van der Waals surface area contributed by atoms with Crippen LogP contribution in [-0.2, 0) is 4.79 Å². The molecule has 4 nitrogen and oxygen atoms in total. The molecule has 1 aliphatic heterocycles. The Labute approximate surface area is 55.4 Å². The Balaban J connectivity index is 0. The van der Waals surface area contributed by atoms with E-state index in [0.717, 1.165) is 19.4 Å². The van der Waals surface area contributed by atoms with Crippen molar-refractivity contribution in [3.63, 3.8) is 0 Å². The minimum absolute atomic E-state index is 0. The molecule has 0 aromatic carbocycles. The van der Waals surface area contributed by atoms with Gasteiger partial charge >= 0.3 is 0 Å². The normalized spacial score (nSPS) is 16.6. The van der Waals surface area contributed by atoms with Crippen molar-refractivity contribution in [1.82, 2.24) is 17.2 Å². The monoisotopic (exact) mass is 133 g/mol. The van der Waals surface area contributed by atoms with Crippen molar-refractivity contribution in [2.75, 3.05) is 13.6 Å². The number of hydrogen-bond acceptors (Lipinski definition) is 3. The van der Waals surface area contributed by atoms with E-state index in [0.29, 0.717) is 5.91 Å². The van der Waals surface area contributed by atoms with Gasteiger partial charge in [0.05, 0.1) is 0 Å². The highest BCUT2D eigenvalue weighted by molar-refractivity contribution is 5.77. The second kappa shape index (κ2) is 4.29. The van der Waals surface area contributed by atoms with Crippen molar-refractivity contribution in [2.45, 2.75) is 12.8 Å². The van der Waals surface area contributed by atoms with Crippen LogP contribution in [0.25, 0.3) is 0 Å². The van der Waals surface area contributed by atoms with E-state index in [1.807, 2.05) is 7.05 Å². The summed E-state index contributed by atoms with van der Waals surface area (Å²) in [5.41, 5.74) is 0. The molecule has 4 heteroatoms. The average molecular weight is 133 g/mol. The van der Waals surface area contributed by atoms with E-state index in [9.17, 15) is 4.79 Å². The lowest BCUT2D eigenvalue weighted by Crippen LogP contribution is -2.17. The van der Waals surface area contributed by atoms with E-state index in [1.54, 1.807) is 4.90 Å². The average Bonchev–Trinajstić information content (AvgIpc) is 1.91. The minimum Gasteiger partial charge on any atom is -0.346 e. The summed E-state index contributed by atoms with van der Waals surface area (Å²) in [6.07, 6.45) is 1.81. The second-order valence-electron chi connectivity index (χ2n) is 1.92. The van der Waals surface area contributed by atoms with Gasteiger partial charge in [-0.1, -0.05) is 0 Å². The maximum atomic E-state index is 10.5. The maximum absolute atomic E-state index is 10.5. The van der Waals surface area contributed by atoms with E-state index in [2.05, 4.69) is 0 Å². The first kappa shape index (κ1) is 11.2. The summed E-state index contributed by atoms with van der Waals surface area (Å²) in [5.74, 6) is 0.292. The predicted octanol–water partition coefficient (Wildman–Crippen LogP) is 0.563. The number of nitrogens with zero attached hydrogens (tertiary/aromatic N) is 1. The van der Waals surface area contributed by atoms with E-state index in [4.69, 9.17) is 0 Å². The van der Waals surface area contributed by atoms with Crippen LogP contribution in [0.3, 0.4) is 0 Å². The Morgan fingerprint density at radius 3 is 2.11 bits per heavy atom. The van der Waals surface area contributed by atoms with Crippen molar-refractivity contribution in [1.29, 1.82) is 0 Å². The number of carbonyl (C=O) groups excluding carboxylic acids is 1. The highest BCUT2D eigenvalue weighted by Gasteiger charge is 2.14. The third kappa shape index (κ3) is 2.43. The summed E-state index contributed by atoms with van der Waals surface area (Å²) in [6.45, 7) is 0.957. The molecule has 0 radical (unpaired) electrons. The van der Waals surface area contributed by atoms with Crippen molar-refractivity contribution in [3.8, 4) is 0 Å². The van der Waals surface area contributed by atoms with Crippen LogP contribution < -0.4 is 12.3 Å². The van der Waals surface area contributed by atoms with Crippen LogP contribution in [-0.4, -0.2) is 24.4 Å². The Hall–Kier alpha value is -0.610. The highest BCUT2D eigenvalue weighted by atomic mass is 16.2. The number of hydrogen-bond donors (Lipinski definition) is 2. The summed E-state index contributed by atoms with van der Waals surface area (Å²) in [6, 6.07) is 0. The standard InChI is InChI=1S/C5H9NO.2H3N/c1-6-4-2-3-5(6)7;;/h2-4H2,1H3;2*1H3. The molecule has 6 N–H and O–H groups in total. The summed E-state index contributed by atoms with van der Waals surface area (Å²) in [7, 11) is 1.84. The van der Waals surface area contributed by atoms with Crippen molar-refractivity contribution in [2.24, 2.45) is 0 Å². The molecule has 0 spiro atoms. The van der Waals surface area contributed by atoms with Crippen molar-refractivity contribution >= 4 is 5.91 Å². The van der Waals surface area contributed by atoms with Gasteiger partial charge in [0.25, 0.3) is 0 Å². The summed E-state index contributed by atoms with van der Waals surface area (Å²) >= 11 is 0. The fourth-order valence-electron chi connectivity index (χ4n) is 0.783. The van der Waals surface area contributed by atoms with E-state index in [-0.39, 0.29) is 12.3 Å². The molecule has 1 saturated heterocycles. The lowest BCUT2D eigenvalue weighted by molar-refractivity contribution is -0.126. The lowest BCUT2D eigenvalue weighted by Gasteiger charge is -2.03. The van der Waals surface area contributed by atoms with Gasteiger partial charge in [-0.2, -0.15) is 0 Å². The fourth-order valence-corrected chi connectivity index (χ4v) is 0.783. The predicted molar refractivity (Wildman–Crippen MR) is 36.9 cm³/mol. The van der Waals surface area contributed by atoms with Crippen LogP contribution in [0.4, 0.5) is 0 Å². The van der Waals surface area contributed by atoms with Crippen LogP contribution in [0.15, 0.2) is 0 Å². The second-order valence-corrected chi connectivity index (χ2v) is 1.92. The first-order chi connectivity index (χ1) is 3.30. The molecule has 0 atom stereocenters. The molecule has 1 aliphatic rings. The molecule has 0 bridgehead atoms. The van der Waals surface area contributed by atoms with Crippen LogP contribution in [0, 0.1) is 0 Å². The molecular formula is C5H15N3O. The first-order valence-electron chi connectivity index (χ1n) is 2.54. The molecule has 1 rings (SSSR count). The zero-order valence-corrected chi connectivity index (χ0v) is 5.89. The fraction of sp³-hybridized carbons (Fsp3) is 0.800. The first-order valence-corrected chi connectivity index (χ1v) is 2.54. The van der Waals surface area contributed by atoms with Gasteiger partial charge in [0.1, 0.15) is 0 Å². The minimum atomic E-state index is 0. The van der Waals surface area contributed by atoms with Gasteiger partial charge < -0.3 is 17.2 Å². The number of rotatable bonds is 0. The molecule has 1 fully saturated rings. The topological polar surface area (TPSA) is 90.3 Å². The molecule has 0 aromatic heterocycles. The summed E-state index contributed by atoms with van der Waals surface area (Å²) in [4.78, 5) is 12.3. The van der Waals surface area contributed by atoms with Gasteiger partial charge in [0.15, 0.2) is 0 Å². The van der Waals surface area contributed by atoms with Gasteiger partial charge in [-0.15, -0.1) is 0 Å². The van der Waals surface area contributed by atoms with Gasteiger partial charge in [-0.25, -0.2) is 0 Å². The smallest absolute Gasteiger partial charge is 0.222 e. The zero-order chi connectivity index (χ0) is 5.28. The third-order valence-corrected chi connectivity index (χ3v) is 1.31. The molecule has 1 amide bonds. The maximum Gasteiger partial charge on any atom is 0.222 e. The number of carbonyl (C=O) groups is 1. The largest absolute Gasteiger partial charge is 0.346 e. The third-order valence-electron chi connectivity index (χ3n) is 1.31. The molecular weight excluding hydrogens is 118 g/mol. The van der Waals surface area contributed by atoms with Crippen LogP contribution in [0.2, 0.25) is 0 Å². The van der Waals surface area contributed by atoms with Crippen LogP contribution in [0.1, 0.15) is 12.8 Å². The Kier molecular flexibility index (Phi) is 5.34. The van der Waals surface area contributed by atoms with E-state index in [1.165, 1.54) is 0 Å². The van der Waals surface area contributed by atoms with Crippen molar-refractivity contribution in [3.05, 3.63) is 0 Å². The van der Waals surface area contributed by atoms with Gasteiger partial charge in [0, 0.05) is 20.0 Å².